The second-order valence-corrected chi connectivity index (χ2v) is 5.96. The fourth-order valence-corrected chi connectivity index (χ4v) is 2.99. The van der Waals surface area contributed by atoms with Crippen LogP contribution >= 0.6 is 12.2 Å². The summed E-state index contributed by atoms with van der Waals surface area (Å²) >= 11 is 4.94. The Hall–Kier alpha value is -1.46. The first-order valence-corrected chi connectivity index (χ1v) is 7.87. The maximum atomic E-state index is 12.7. The van der Waals surface area contributed by atoms with Crippen LogP contribution in [0, 0.1) is 0 Å². The summed E-state index contributed by atoms with van der Waals surface area (Å²) in [6, 6.07) is 10.0. The number of nitrogens with two attached hydrogens (primary N) is 1. The quantitative estimate of drug-likeness (QED) is 0.840. The monoisotopic (exact) mass is 305 g/mol. The van der Waals surface area contributed by atoms with Crippen molar-refractivity contribution < 1.29 is 4.79 Å². The molecule has 1 aromatic carbocycles. The van der Waals surface area contributed by atoms with Crippen LogP contribution in [0.25, 0.3) is 0 Å². The van der Waals surface area contributed by atoms with E-state index in [2.05, 4.69) is 11.8 Å². The minimum absolute atomic E-state index is 0.0339. The third-order valence-corrected chi connectivity index (χ3v) is 4.10. The van der Waals surface area contributed by atoms with Crippen molar-refractivity contribution in [3.05, 3.63) is 35.9 Å². The van der Waals surface area contributed by atoms with E-state index in [4.69, 9.17) is 18.0 Å². The highest BCUT2D eigenvalue weighted by Gasteiger charge is 2.27. The van der Waals surface area contributed by atoms with Crippen molar-refractivity contribution in [2.24, 2.45) is 5.73 Å². The normalized spacial score (nSPS) is 17.5. The Bertz CT molecular complexity index is 484. The zero-order valence-corrected chi connectivity index (χ0v) is 13.3. The molecule has 0 bridgehead atoms. The number of benzene rings is 1. The van der Waals surface area contributed by atoms with Gasteiger partial charge in [-0.1, -0.05) is 49.5 Å². The summed E-state index contributed by atoms with van der Waals surface area (Å²) < 4.78 is 0. The summed E-state index contributed by atoms with van der Waals surface area (Å²) in [4.78, 5) is 17.4. The Morgan fingerprint density at radius 3 is 2.38 bits per heavy atom. The minimum Gasteiger partial charge on any atom is -0.392 e. The number of piperazine rings is 1. The number of nitrogens with zero attached hydrogens (tertiary/aromatic N) is 2. The molecular weight excluding hydrogens is 282 g/mol. The van der Waals surface area contributed by atoms with E-state index in [0.717, 1.165) is 38.2 Å². The molecule has 1 unspecified atom stereocenters. The maximum Gasteiger partial charge on any atom is 0.230 e. The number of hydrogen-bond acceptors (Lipinski definition) is 3. The number of carbonyl (C=O) groups is 1. The number of carbonyl (C=O) groups excluding carboxylic acids is 1. The van der Waals surface area contributed by atoms with Gasteiger partial charge in [-0.15, -0.1) is 0 Å². The molecule has 2 rings (SSSR count). The predicted octanol–water partition coefficient (Wildman–Crippen LogP) is 1.61. The third kappa shape index (κ3) is 4.25. The molecule has 0 aliphatic carbocycles. The van der Waals surface area contributed by atoms with Gasteiger partial charge < -0.3 is 10.6 Å². The predicted molar refractivity (Wildman–Crippen MR) is 89.3 cm³/mol. The highest BCUT2D eigenvalue weighted by atomic mass is 32.1. The summed E-state index contributed by atoms with van der Waals surface area (Å²) in [5.41, 5.74) is 6.68. The Kier molecular flexibility index (Phi) is 5.70. The molecule has 1 atom stereocenters. The Morgan fingerprint density at radius 2 is 1.86 bits per heavy atom. The highest BCUT2D eigenvalue weighted by molar-refractivity contribution is 7.80. The average molecular weight is 305 g/mol. The number of rotatable bonds is 5. The third-order valence-electron chi connectivity index (χ3n) is 3.97. The van der Waals surface area contributed by atoms with Gasteiger partial charge in [-0.05, 0) is 12.0 Å². The first-order valence-electron chi connectivity index (χ1n) is 7.46. The van der Waals surface area contributed by atoms with Gasteiger partial charge in [0.05, 0.1) is 10.9 Å². The molecule has 21 heavy (non-hydrogen) atoms. The van der Waals surface area contributed by atoms with Crippen LogP contribution in [0.4, 0.5) is 0 Å². The molecule has 1 heterocycles. The molecule has 1 saturated heterocycles. The molecule has 1 amide bonds. The van der Waals surface area contributed by atoms with Crippen molar-refractivity contribution in [1.29, 1.82) is 0 Å². The summed E-state index contributed by atoms with van der Waals surface area (Å²) in [5, 5.41) is 0. The summed E-state index contributed by atoms with van der Waals surface area (Å²) in [5.74, 6) is 0.201. The standard InChI is InChI=1S/C16H23N3OS/c1-2-14(13-6-4-3-5-7-13)16(20)19-10-8-18(9-11-19)12-15(17)21/h3-7,14H,2,8-12H2,1H3,(H2,17,21). The van der Waals surface area contributed by atoms with Gasteiger partial charge in [-0.25, -0.2) is 0 Å². The summed E-state index contributed by atoms with van der Waals surface area (Å²) in [6.07, 6.45) is 0.829. The van der Waals surface area contributed by atoms with Crippen LogP contribution in [-0.4, -0.2) is 53.4 Å². The van der Waals surface area contributed by atoms with Gasteiger partial charge in [-0.3, -0.25) is 9.69 Å². The lowest BCUT2D eigenvalue weighted by Gasteiger charge is -2.36. The van der Waals surface area contributed by atoms with E-state index in [1.807, 2.05) is 35.2 Å². The smallest absolute Gasteiger partial charge is 0.230 e. The van der Waals surface area contributed by atoms with E-state index in [-0.39, 0.29) is 11.8 Å². The lowest BCUT2D eigenvalue weighted by Crippen LogP contribution is -2.51. The van der Waals surface area contributed by atoms with Crippen molar-refractivity contribution in [2.75, 3.05) is 32.7 Å². The van der Waals surface area contributed by atoms with Crippen molar-refractivity contribution in [3.63, 3.8) is 0 Å². The van der Waals surface area contributed by atoms with E-state index in [1.54, 1.807) is 0 Å². The van der Waals surface area contributed by atoms with E-state index < -0.39 is 0 Å². The Labute approximate surface area is 131 Å². The average Bonchev–Trinajstić information content (AvgIpc) is 2.49. The topological polar surface area (TPSA) is 49.6 Å². The molecule has 1 aromatic rings. The number of amides is 1. The Morgan fingerprint density at radius 1 is 1.24 bits per heavy atom. The van der Waals surface area contributed by atoms with Crippen LogP contribution in [0.3, 0.4) is 0 Å². The minimum atomic E-state index is -0.0339. The van der Waals surface area contributed by atoms with Gasteiger partial charge in [-0.2, -0.15) is 0 Å². The molecular formula is C16H23N3OS. The molecule has 1 aliphatic heterocycles. The zero-order chi connectivity index (χ0) is 15.2. The molecule has 4 nitrogen and oxygen atoms in total. The van der Waals surface area contributed by atoms with E-state index in [9.17, 15) is 4.79 Å². The fraction of sp³-hybridized carbons (Fsp3) is 0.500. The summed E-state index contributed by atoms with van der Waals surface area (Å²) in [6.45, 7) is 5.91. The van der Waals surface area contributed by atoms with Crippen molar-refractivity contribution >= 4 is 23.1 Å². The van der Waals surface area contributed by atoms with Crippen LogP contribution in [0.2, 0.25) is 0 Å². The largest absolute Gasteiger partial charge is 0.392 e. The lowest BCUT2D eigenvalue weighted by atomic mass is 9.95. The van der Waals surface area contributed by atoms with Crippen molar-refractivity contribution in [1.82, 2.24) is 9.80 Å². The molecule has 5 heteroatoms. The lowest BCUT2D eigenvalue weighted by molar-refractivity contribution is -0.134. The highest BCUT2D eigenvalue weighted by Crippen LogP contribution is 2.22. The second kappa shape index (κ2) is 7.52. The molecule has 2 N–H and O–H groups in total. The number of thiocarbonyl (C=S) groups is 1. The van der Waals surface area contributed by atoms with Crippen molar-refractivity contribution in [3.8, 4) is 0 Å². The summed E-state index contributed by atoms with van der Waals surface area (Å²) in [7, 11) is 0. The second-order valence-electron chi connectivity index (χ2n) is 5.44. The molecule has 0 spiro atoms. The first-order chi connectivity index (χ1) is 10.1. The molecule has 114 valence electrons. The van der Waals surface area contributed by atoms with Crippen LogP contribution in [-0.2, 0) is 4.79 Å². The first kappa shape index (κ1) is 15.9. The molecule has 1 fully saturated rings. The van der Waals surface area contributed by atoms with Crippen LogP contribution < -0.4 is 5.73 Å². The maximum absolute atomic E-state index is 12.7. The number of hydrogen-bond donors (Lipinski definition) is 1. The van der Waals surface area contributed by atoms with Crippen molar-refractivity contribution in [2.45, 2.75) is 19.3 Å². The van der Waals surface area contributed by atoms with Gasteiger partial charge in [0, 0.05) is 32.7 Å². The molecule has 0 saturated carbocycles. The van der Waals surface area contributed by atoms with Gasteiger partial charge in [0.15, 0.2) is 0 Å². The van der Waals surface area contributed by atoms with Gasteiger partial charge >= 0.3 is 0 Å². The van der Waals surface area contributed by atoms with Crippen LogP contribution in [0.15, 0.2) is 30.3 Å². The van der Waals surface area contributed by atoms with E-state index >= 15 is 0 Å². The fourth-order valence-electron chi connectivity index (χ4n) is 2.81. The SMILES string of the molecule is CCC(C(=O)N1CCN(CC(N)=S)CC1)c1ccccc1. The van der Waals surface area contributed by atoms with Gasteiger partial charge in [0.1, 0.15) is 0 Å². The van der Waals surface area contributed by atoms with E-state index in [0.29, 0.717) is 11.5 Å². The van der Waals surface area contributed by atoms with Gasteiger partial charge in [0.25, 0.3) is 0 Å². The zero-order valence-electron chi connectivity index (χ0n) is 12.5. The Balaban J connectivity index is 1.96. The molecule has 1 aliphatic rings. The molecule has 0 radical (unpaired) electrons. The van der Waals surface area contributed by atoms with E-state index in [1.165, 1.54) is 0 Å². The van der Waals surface area contributed by atoms with Crippen LogP contribution in [0.1, 0.15) is 24.8 Å². The molecule has 0 aromatic heterocycles. The van der Waals surface area contributed by atoms with Gasteiger partial charge in [0.2, 0.25) is 5.91 Å². The van der Waals surface area contributed by atoms with Crippen LogP contribution in [0.5, 0.6) is 0 Å².